The predicted molar refractivity (Wildman–Crippen MR) is 116 cm³/mol. The van der Waals surface area contributed by atoms with Crippen LogP contribution in [0.5, 0.6) is 0 Å². The monoisotopic (exact) mass is 441 g/mol. The number of carbonyl (C=O) groups excluding carboxylic acids is 1. The predicted octanol–water partition coefficient (Wildman–Crippen LogP) is 3.38. The van der Waals surface area contributed by atoms with Gasteiger partial charge in [-0.1, -0.05) is 17.7 Å². The Morgan fingerprint density at radius 3 is 2.40 bits per heavy atom. The molecule has 1 heterocycles. The van der Waals surface area contributed by atoms with Crippen LogP contribution in [0.3, 0.4) is 0 Å². The molecule has 0 aliphatic carbocycles. The number of aryl methyl sites for hydroxylation is 2. The van der Waals surface area contributed by atoms with Crippen molar-refractivity contribution in [2.45, 2.75) is 16.7 Å². The molecule has 0 saturated heterocycles. The molecular formula is C20H19N5O3S2. The molecule has 3 aromatic rings. The minimum Gasteiger partial charge on any atom is -0.322 e. The van der Waals surface area contributed by atoms with E-state index in [1.54, 1.807) is 43.4 Å². The molecule has 0 atom stereocenters. The van der Waals surface area contributed by atoms with Crippen molar-refractivity contribution in [1.29, 1.82) is 5.26 Å². The normalized spacial score (nSPS) is 11.0. The Kier molecular flexibility index (Phi) is 6.14. The first kappa shape index (κ1) is 21.4. The van der Waals surface area contributed by atoms with Crippen LogP contribution in [-0.4, -0.2) is 31.2 Å². The number of benzene rings is 2. The number of hydrogen-bond donors (Lipinski definition) is 1. The molecule has 1 amide bonds. The van der Waals surface area contributed by atoms with E-state index in [0.29, 0.717) is 5.69 Å². The summed E-state index contributed by atoms with van der Waals surface area (Å²) in [6.45, 7) is 1.87. The van der Waals surface area contributed by atoms with E-state index in [0.717, 1.165) is 26.5 Å². The Morgan fingerprint density at radius 1 is 1.17 bits per heavy atom. The van der Waals surface area contributed by atoms with Crippen LogP contribution in [0.15, 0.2) is 64.5 Å². The van der Waals surface area contributed by atoms with Crippen molar-refractivity contribution in [3.8, 4) is 5.40 Å². The topological polar surface area (TPSA) is 108 Å². The van der Waals surface area contributed by atoms with E-state index in [1.165, 1.54) is 30.1 Å². The van der Waals surface area contributed by atoms with Crippen LogP contribution in [0, 0.1) is 17.6 Å². The third-order valence-electron chi connectivity index (χ3n) is 4.41. The Morgan fingerprint density at radius 2 is 1.80 bits per heavy atom. The van der Waals surface area contributed by atoms with Gasteiger partial charge in [0.1, 0.15) is 11.0 Å². The van der Waals surface area contributed by atoms with E-state index in [1.807, 2.05) is 12.3 Å². The van der Waals surface area contributed by atoms with E-state index in [9.17, 15) is 13.2 Å². The SMILES string of the molecule is Cc1ccc(S(=O)(=O)N(C)c2c(C(=O)Nc3ccc(SC#N)cc3)cnn2C)cc1. The molecular weight excluding hydrogens is 422 g/mol. The van der Waals surface area contributed by atoms with Crippen LogP contribution < -0.4 is 9.62 Å². The van der Waals surface area contributed by atoms with Crippen molar-refractivity contribution in [1.82, 2.24) is 9.78 Å². The Bertz CT molecular complexity index is 1210. The summed E-state index contributed by atoms with van der Waals surface area (Å²) in [5.41, 5.74) is 1.57. The smallest absolute Gasteiger partial charge is 0.265 e. The largest absolute Gasteiger partial charge is 0.322 e. The van der Waals surface area contributed by atoms with Gasteiger partial charge in [0.05, 0.1) is 11.1 Å². The minimum absolute atomic E-state index is 0.117. The number of carbonyl (C=O) groups is 1. The van der Waals surface area contributed by atoms with Crippen molar-refractivity contribution >= 4 is 39.2 Å². The molecule has 1 N–H and O–H groups in total. The molecule has 154 valence electrons. The highest BCUT2D eigenvalue weighted by atomic mass is 32.2. The molecule has 3 rings (SSSR count). The van der Waals surface area contributed by atoms with Crippen molar-refractivity contribution in [2.24, 2.45) is 7.05 Å². The number of nitrogens with one attached hydrogen (secondary N) is 1. The molecule has 30 heavy (non-hydrogen) atoms. The van der Waals surface area contributed by atoms with Crippen molar-refractivity contribution in [3.63, 3.8) is 0 Å². The Hall–Kier alpha value is -3.29. The van der Waals surface area contributed by atoms with Crippen LogP contribution in [0.4, 0.5) is 11.5 Å². The van der Waals surface area contributed by atoms with Gasteiger partial charge in [-0.2, -0.15) is 10.4 Å². The van der Waals surface area contributed by atoms with Crippen LogP contribution in [-0.2, 0) is 17.1 Å². The third-order valence-corrected chi connectivity index (χ3v) is 6.77. The maximum atomic E-state index is 13.1. The maximum absolute atomic E-state index is 13.1. The quantitative estimate of drug-likeness (QED) is 0.464. The molecule has 0 unspecified atom stereocenters. The number of thiocyanates is 1. The highest BCUT2D eigenvalue weighted by molar-refractivity contribution is 8.03. The fourth-order valence-corrected chi connectivity index (χ4v) is 4.42. The fourth-order valence-electron chi connectivity index (χ4n) is 2.80. The Labute approximate surface area is 179 Å². The number of rotatable bonds is 6. The minimum atomic E-state index is -3.88. The summed E-state index contributed by atoms with van der Waals surface area (Å²) in [5, 5.41) is 17.5. The molecule has 0 aliphatic rings. The number of anilines is 2. The van der Waals surface area contributed by atoms with E-state index < -0.39 is 15.9 Å². The van der Waals surface area contributed by atoms with E-state index >= 15 is 0 Å². The summed E-state index contributed by atoms with van der Waals surface area (Å²) in [6.07, 6.45) is 1.33. The van der Waals surface area contributed by atoms with Crippen LogP contribution in [0.1, 0.15) is 15.9 Å². The standard InChI is InChI=1S/C20H19N5O3S2/c1-14-4-10-17(11-5-14)30(27,28)25(3)20-18(12-22-24(20)2)19(26)23-15-6-8-16(9-7-15)29-13-21/h4-12H,1-3H3,(H,23,26). The second kappa shape index (κ2) is 8.61. The average Bonchev–Trinajstić information content (AvgIpc) is 3.10. The van der Waals surface area contributed by atoms with Crippen LogP contribution >= 0.6 is 11.8 Å². The highest BCUT2D eigenvalue weighted by Crippen LogP contribution is 2.26. The van der Waals surface area contributed by atoms with Crippen molar-refractivity contribution < 1.29 is 13.2 Å². The van der Waals surface area contributed by atoms with Gasteiger partial charge in [-0.15, -0.1) is 0 Å². The number of hydrogen-bond acceptors (Lipinski definition) is 6. The van der Waals surface area contributed by atoms with Crippen molar-refractivity contribution in [2.75, 3.05) is 16.7 Å². The van der Waals surface area contributed by atoms with Gasteiger partial charge in [0.25, 0.3) is 15.9 Å². The maximum Gasteiger partial charge on any atom is 0.265 e. The van der Waals surface area contributed by atoms with Gasteiger partial charge in [-0.3, -0.25) is 13.8 Å². The molecule has 2 aromatic carbocycles. The van der Waals surface area contributed by atoms with Gasteiger partial charge < -0.3 is 5.32 Å². The number of nitriles is 1. The van der Waals surface area contributed by atoms with E-state index in [2.05, 4.69) is 10.4 Å². The van der Waals surface area contributed by atoms with Crippen molar-refractivity contribution in [3.05, 3.63) is 65.9 Å². The lowest BCUT2D eigenvalue weighted by molar-refractivity contribution is 0.102. The lowest BCUT2D eigenvalue weighted by Gasteiger charge is -2.21. The second-order valence-electron chi connectivity index (χ2n) is 6.46. The van der Waals surface area contributed by atoms with Gasteiger partial charge in [-0.05, 0) is 55.1 Å². The molecule has 0 saturated carbocycles. The third kappa shape index (κ3) is 4.32. The second-order valence-corrected chi connectivity index (χ2v) is 9.29. The Balaban J connectivity index is 1.89. The van der Waals surface area contributed by atoms with Gasteiger partial charge in [0.2, 0.25) is 0 Å². The number of aromatic nitrogens is 2. The highest BCUT2D eigenvalue weighted by Gasteiger charge is 2.28. The summed E-state index contributed by atoms with van der Waals surface area (Å²) < 4.78 is 28.5. The van der Waals surface area contributed by atoms with Gasteiger partial charge in [0.15, 0.2) is 5.82 Å². The first-order chi connectivity index (χ1) is 14.2. The number of nitrogens with zero attached hydrogens (tertiary/aromatic N) is 4. The summed E-state index contributed by atoms with van der Waals surface area (Å²) in [6, 6.07) is 13.2. The summed E-state index contributed by atoms with van der Waals surface area (Å²) in [4.78, 5) is 13.7. The number of amides is 1. The lowest BCUT2D eigenvalue weighted by Crippen LogP contribution is -2.30. The van der Waals surface area contributed by atoms with Crippen LogP contribution in [0.25, 0.3) is 0 Å². The molecule has 0 radical (unpaired) electrons. The lowest BCUT2D eigenvalue weighted by atomic mass is 10.2. The summed E-state index contributed by atoms with van der Waals surface area (Å²) in [7, 11) is -0.926. The van der Waals surface area contributed by atoms with Gasteiger partial charge in [0, 0.05) is 24.7 Å². The first-order valence-electron chi connectivity index (χ1n) is 8.79. The molecule has 0 bridgehead atoms. The van der Waals surface area contributed by atoms with E-state index in [4.69, 9.17) is 5.26 Å². The average molecular weight is 442 g/mol. The molecule has 0 aliphatic heterocycles. The zero-order valence-corrected chi connectivity index (χ0v) is 18.2. The first-order valence-corrected chi connectivity index (χ1v) is 11.0. The number of thioether (sulfide) groups is 1. The van der Waals surface area contributed by atoms with Crippen LogP contribution in [0.2, 0.25) is 0 Å². The fraction of sp³-hybridized carbons (Fsp3) is 0.150. The number of sulfonamides is 1. The molecule has 0 fully saturated rings. The molecule has 1 aromatic heterocycles. The molecule has 8 nitrogen and oxygen atoms in total. The molecule has 0 spiro atoms. The zero-order chi connectivity index (χ0) is 21.9. The summed E-state index contributed by atoms with van der Waals surface area (Å²) in [5.74, 6) is -0.352. The molecule has 10 heteroatoms. The van der Waals surface area contributed by atoms with Gasteiger partial charge in [-0.25, -0.2) is 8.42 Å². The van der Waals surface area contributed by atoms with E-state index in [-0.39, 0.29) is 16.3 Å². The summed E-state index contributed by atoms with van der Waals surface area (Å²) >= 11 is 1.02. The van der Waals surface area contributed by atoms with Gasteiger partial charge >= 0.3 is 0 Å². The zero-order valence-electron chi connectivity index (χ0n) is 16.5.